The number of nitrogens with zero attached hydrogens (tertiary/aromatic N) is 2. The minimum atomic E-state index is -5.11. The fraction of sp³-hybridized carbons (Fsp3) is 0.533. The number of aliphatic hydroxyl groups is 1. The molecule has 2 rings (SSSR count). The Kier molecular flexibility index (Phi) is 5.18. The third-order valence-corrected chi connectivity index (χ3v) is 6.20. The number of rotatable bonds is 3. The van der Waals surface area contributed by atoms with Crippen LogP contribution in [0.5, 0.6) is 0 Å². The molecule has 2 atom stereocenters. The van der Waals surface area contributed by atoms with Gasteiger partial charge in [0, 0.05) is 25.7 Å². The van der Waals surface area contributed by atoms with E-state index >= 15 is 0 Å². The summed E-state index contributed by atoms with van der Waals surface area (Å²) in [6.45, 7) is 1.27. The van der Waals surface area contributed by atoms with Crippen LogP contribution in [-0.4, -0.2) is 66.1 Å². The number of piperazine rings is 1. The molecule has 1 aromatic carbocycles. The summed E-state index contributed by atoms with van der Waals surface area (Å²) in [7, 11) is -3.81. The Morgan fingerprint density at radius 2 is 1.76 bits per heavy atom. The number of hydrogen-bond acceptors (Lipinski definition) is 4. The van der Waals surface area contributed by atoms with Crippen LogP contribution < -0.4 is 0 Å². The molecule has 1 heterocycles. The van der Waals surface area contributed by atoms with E-state index in [-0.39, 0.29) is 24.5 Å². The molecule has 6 nitrogen and oxygen atoms in total. The average Bonchev–Trinajstić information content (AvgIpc) is 2.53. The van der Waals surface area contributed by atoms with E-state index in [0.29, 0.717) is 6.92 Å². The SMILES string of the molecule is C[C@@H]1CN(C(=O)[C@@](C)(O)C(F)(F)F)CCN1S(=O)(=O)c1ccccc1. The van der Waals surface area contributed by atoms with Gasteiger partial charge in [0.1, 0.15) is 0 Å². The van der Waals surface area contributed by atoms with Gasteiger partial charge >= 0.3 is 6.18 Å². The van der Waals surface area contributed by atoms with Gasteiger partial charge in [0.2, 0.25) is 15.6 Å². The van der Waals surface area contributed by atoms with E-state index in [0.717, 1.165) is 9.21 Å². The molecule has 0 bridgehead atoms. The van der Waals surface area contributed by atoms with Crippen LogP contribution in [0.2, 0.25) is 0 Å². The maximum atomic E-state index is 12.8. The van der Waals surface area contributed by atoms with E-state index in [9.17, 15) is 31.5 Å². The van der Waals surface area contributed by atoms with Crippen LogP contribution >= 0.6 is 0 Å². The largest absolute Gasteiger partial charge is 0.426 e. The van der Waals surface area contributed by atoms with Crippen molar-refractivity contribution in [2.24, 2.45) is 0 Å². The molecule has 1 amide bonds. The molecule has 0 unspecified atom stereocenters. The molecule has 1 aliphatic heterocycles. The summed E-state index contributed by atoms with van der Waals surface area (Å²) < 4.78 is 64.9. The molecule has 0 aliphatic carbocycles. The molecule has 25 heavy (non-hydrogen) atoms. The normalized spacial score (nSPS) is 22.5. The van der Waals surface area contributed by atoms with Gasteiger partial charge in [0.05, 0.1) is 4.90 Å². The molecule has 1 N–H and O–H groups in total. The lowest BCUT2D eigenvalue weighted by atomic mass is 10.0. The number of alkyl halides is 3. The molecule has 0 aromatic heterocycles. The molecule has 1 aromatic rings. The van der Waals surface area contributed by atoms with Gasteiger partial charge in [-0.1, -0.05) is 18.2 Å². The van der Waals surface area contributed by atoms with Gasteiger partial charge < -0.3 is 10.0 Å². The van der Waals surface area contributed by atoms with E-state index < -0.39 is 33.7 Å². The summed E-state index contributed by atoms with van der Waals surface area (Å²) in [6, 6.07) is 6.92. The van der Waals surface area contributed by atoms with E-state index in [2.05, 4.69) is 0 Å². The molecule has 0 spiro atoms. The lowest BCUT2D eigenvalue weighted by molar-refractivity contribution is -0.250. The smallest absolute Gasteiger partial charge is 0.373 e. The van der Waals surface area contributed by atoms with Crippen LogP contribution in [0.3, 0.4) is 0 Å². The summed E-state index contributed by atoms with van der Waals surface area (Å²) in [5.41, 5.74) is -3.51. The first-order valence-electron chi connectivity index (χ1n) is 7.54. The van der Waals surface area contributed by atoms with Crippen LogP contribution in [0.15, 0.2) is 35.2 Å². The van der Waals surface area contributed by atoms with Crippen LogP contribution in [0.25, 0.3) is 0 Å². The van der Waals surface area contributed by atoms with Gasteiger partial charge in [-0.2, -0.15) is 17.5 Å². The minimum Gasteiger partial charge on any atom is -0.373 e. The van der Waals surface area contributed by atoms with E-state index in [1.165, 1.54) is 19.1 Å². The number of benzene rings is 1. The molecule has 1 fully saturated rings. The van der Waals surface area contributed by atoms with Crippen LogP contribution in [0, 0.1) is 0 Å². The average molecular weight is 380 g/mol. The van der Waals surface area contributed by atoms with Crippen LogP contribution in [0.1, 0.15) is 13.8 Å². The van der Waals surface area contributed by atoms with Crippen molar-refractivity contribution in [3.05, 3.63) is 30.3 Å². The number of carbonyl (C=O) groups excluding carboxylic acids is 1. The standard InChI is InChI=1S/C15H19F3N2O4S/c1-11-10-19(13(21)14(2,22)15(16,17)18)8-9-20(11)25(23,24)12-6-4-3-5-7-12/h3-7,11,22H,8-10H2,1-2H3/t11-,14-/m1/s1. The van der Waals surface area contributed by atoms with Gasteiger partial charge in [-0.3, -0.25) is 4.79 Å². The number of amides is 1. The molecule has 0 saturated carbocycles. The Morgan fingerprint density at radius 1 is 1.20 bits per heavy atom. The summed E-state index contributed by atoms with van der Waals surface area (Å²) in [6.07, 6.45) is -5.11. The van der Waals surface area contributed by atoms with Crippen molar-refractivity contribution >= 4 is 15.9 Å². The summed E-state index contributed by atoms with van der Waals surface area (Å²) in [5.74, 6) is -1.48. The van der Waals surface area contributed by atoms with Crippen molar-refractivity contribution in [2.45, 2.75) is 36.6 Å². The van der Waals surface area contributed by atoms with Crippen molar-refractivity contribution in [1.29, 1.82) is 0 Å². The monoisotopic (exact) mass is 380 g/mol. The van der Waals surface area contributed by atoms with Crippen LogP contribution in [0.4, 0.5) is 13.2 Å². The highest BCUT2D eigenvalue weighted by Crippen LogP contribution is 2.32. The first-order chi connectivity index (χ1) is 11.4. The molecular weight excluding hydrogens is 361 g/mol. The summed E-state index contributed by atoms with van der Waals surface area (Å²) in [4.78, 5) is 12.9. The Labute approximate surface area is 143 Å². The van der Waals surface area contributed by atoms with E-state index in [1.807, 2.05) is 0 Å². The Hall–Kier alpha value is -1.65. The summed E-state index contributed by atoms with van der Waals surface area (Å²) in [5, 5.41) is 9.51. The van der Waals surface area contributed by atoms with Crippen molar-refractivity contribution in [3.8, 4) is 0 Å². The quantitative estimate of drug-likeness (QED) is 0.855. The highest BCUT2D eigenvalue weighted by atomic mass is 32.2. The third kappa shape index (κ3) is 3.65. The number of carbonyl (C=O) groups is 1. The number of halogens is 3. The lowest BCUT2D eigenvalue weighted by Gasteiger charge is -2.41. The first kappa shape index (κ1) is 19.7. The zero-order valence-corrected chi connectivity index (χ0v) is 14.5. The number of hydrogen-bond donors (Lipinski definition) is 1. The fourth-order valence-corrected chi connectivity index (χ4v) is 4.27. The highest BCUT2D eigenvalue weighted by molar-refractivity contribution is 7.89. The first-order valence-corrected chi connectivity index (χ1v) is 8.98. The Balaban J connectivity index is 2.17. The maximum absolute atomic E-state index is 12.8. The lowest BCUT2D eigenvalue weighted by Crippen LogP contribution is -2.62. The van der Waals surface area contributed by atoms with Gasteiger partial charge in [0.15, 0.2) is 0 Å². The van der Waals surface area contributed by atoms with Crippen molar-refractivity contribution in [3.63, 3.8) is 0 Å². The molecular formula is C15H19F3N2O4S. The molecule has 1 aliphatic rings. The molecule has 0 radical (unpaired) electrons. The topological polar surface area (TPSA) is 77.9 Å². The second kappa shape index (κ2) is 6.58. The molecule has 140 valence electrons. The third-order valence-electron chi connectivity index (χ3n) is 4.17. The predicted octanol–water partition coefficient (Wildman–Crippen LogP) is 1.22. The van der Waals surface area contributed by atoms with Gasteiger partial charge in [-0.15, -0.1) is 0 Å². The maximum Gasteiger partial charge on any atom is 0.426 e. The Morgan fingerprint density at radius 3 is 2.24 bits per heavy atom. The fourth-order valence-electron chi connectivity index (χ4n) is 2.64. The van der Waals surface area contributed by atoms with Crippen LogP contribution in [-0.2, 0) is 14.8 Å². The van der Waals surface area contributed by atoms with Gasteiger partial charge in [-0.05, 0) is 26.0 Å². The van der Waals surface area contributed by atoms with E-state index in [1.54, 1.807) is 18.2 Å². The molecule has 1 saturated heterocycles. The predicted molar refractivity (Wildman–Crippen MR) is 83.1 cm³/mol. The number of sulfonamides is 1. The Bertz CT molecular complexity index is 735. The summed E-state index contributed by atoms with van der Waals surface area (Å²) >= 11 is 0. The zero-order valence-electron chi connectivity index (χ0n) is 13.7. The second-order valence-corrected chi connectivity index (χ2v) is 7.99. The van der Waals surface area contributed by atoms with Gasteiger partial charge in [-0.25, -0.2) is 8.42 Å². The highest BCUT2D eigenvalue weighted by Gasteiger charge is 2.57. The minimum absolute atomic E-state index is 0.0731. The van der Waals surface area contributed by atoms with Gasteiger partial charge in [0.25, 0.3) is 5.91 Å². The van der Waals surface area contributed by atoms with Crippen molar-refractivity contribution in [1.82, 2.24) is 9.21 Å². The van der Waals surface area contributed by atoms with Crippen molar-refractivity contribution in [2.75, 3.05) is 19.6 Å². The van der Waals surface area contributed by atoms with E-state index in [4.69, 9.17) is 0 Å². The zero-order chi connectivity index (χ0) is 19.0. The second-order valence-electron chi connectivity index (χ2n) is 6.10. The van der Waals surface area contributed by atoms with Crippen molar-refractivity contribution < 1.29 is 31.5 Å². The molecule has 10 heteroatoms.